The number of fused-ring (bicyclic) bond motifs is 1. The minimum Gasteiger partial charge on any atom is -0.376 e. The molecule has 29 heavy (non-hydrogen) atoms. The third-order valence-corrected chi connectivity index (χ3v) is 8.19. The van der Waals surface area contributed by atoms with Crippen LogP contribution in [0.3, 0.4) is 0 Å². The van der Waals surface area contributed by atoms with Crippen molar-refractivity contribution in [1.29, 1.82) is 0 Å². The number of thioether (sulfide) groups is 1. The second-order valence-electron chi connectivity index (χ2n) is 7.12. The SMILES string of the molecule is O=C(CSc1nnnn1CC1CCCO1)N1CCc2sccc2C1c1cccs1. The summed E-state index contributed by atoms with van der Waals surface area (Å²) in [7, 11) is 0. The number of carbonyl (C=O) groups excluding carboxylic acids is 1. The lowest BCUT2D eigenvalue weighted by atomic mass is 9.98. The van der Waals surface area contributed by atoms with Crippen LogP contribution in [0.15, 0.2) is 34.1 Å². The minimum atomic E-state index is 0.0148. The number of rotatable bonds is 6. The van der Waals surface area contributed by atoms with Crippen molar-refractivity contribution >= 4 is 40.3 Å². The average Bonchev–Trinajstić information content (AvgIpc) is 3.54. The Labute approximate surface area is 181 Å². The molecule has 2 aliphatic rings. The Morgan fingerprint density at radius 1 is 1.31 bits per heavy atom. The minimum absolute atomic E-state index is 0.0148. The number of thiophene rings is 2. The van der Waals surface area contributed by atoms with Crippen LogP contribution >= 0.6 is 34.4 Å². The zero-order chi connectivity index (χ0) is 19.6. The third-order valence-electron chi connectivity index (χ3n) is 5.32. The maximum absolute atomic E-state index is 13.2. The maximum Gasteiger partial charge on any atom is 0.233 e. The molecule has 7 nitrogen and oxygen atoms in total. The molecule has 3 aromatic rings. The molecule has 5 rings (SSSR count). The van der Waals surface area contributed by atoms with E-state index in [9.17, 15) is 4.79 Å². The summed E-state index contributed by atoms with van der Waals surface area (Å²) in [5.41, 5.74) is 1.27. The molecule has 0 N–H and O–H groups in total. The maximum atomic E-state index is 13.2. The van der Waals surface area contributed by atoms with Crippen LogP contribution < -0.4 is 0 Å². The first-order chi connectivity index (χ1) is 14.3. The van der Waals surface area contributed by atoms with E-state index < -0.39 is 0 Å². The Bertz CT molecular complexity index is 964. The van der Waals surface area contributed by atoms with Crippen molar-refractivity contribution in [3.8, 4) is 0 Å². The second-order valence-corrected chi connectivity index (χ2v) is 10.0. The highest BCUT2D eigenvalue weighted by Gasteiger charge is 2.33. The molecule has 5 heterocycles. The highest BCUT2D eigenvalue weighted by atomic mass is 32.2. The van der Waals surface area contributed by atoms with Crippen LogP contribution in [-0.4, -0.2) is 56.0 Å². The highest BCUT2D eigenvalue weighted by Crippen LogP contribution is 2.39. The van der Waals surface area contributed by atoms with Crippen molar-refractivity contribution in [2.75, 3.05) is 18.9 Å². The van der Waals surface area contributed by atoms with Crippen LogP contribution in [-0.2, 0) is 22.5 Å². The molecular weight excluding hydrogens is 426 g/mol. The van der Waals surface area contributed by atoms with E-state index in [1.807, 2.05) is 4.90 Å². The summed E-state index contributed by atoms with van der Waals surface area (Å²) < 4.78 is 7.45. The Morgan fingerprint density at radius 3 is 3.10 bits per heavy atom. The van der Waals surface area contributed by atoms with Gasteiger partial charge < -0.3 is 9.64 Å². The number of nitrogens with zero attached hydrogens (tertiary/aromatic N) is 5. The van der Waals surface area contributed by atoms with Gasteiger partial charge in [0.05, 0.1) is 24.4 Å². The first-order valence-electron chi connectivity index (χ1n) is 9.69. The van der Waals surface area contributed by atoms with Gasteiger partial charge in [0.15, 0.2) is 0 Å². The van der Waals surface area contributed by atoms with Crippen molar-refractivity contribution < 1.29 is 9.53 Å². The number of hydrogen-bond donors (Lipinski definition) is 0. The van der Waals surface area contributed by atoms with Crippen molar-refractivity contribution in [3.63, 3.8) is 0 Å². The molecule has 1 saturated heterocycles. The lowest BCUT2D eigenvalue weighted by Gasteiger charge is -2.35. The summed E-state index contributed by atoms with van der Waals surface area (Å²) in [6.45, 7) is 2.19. The van der Waals surface area contributed by atoms with Gasteiger partial charge in [-0.05, 0) is 58.1 Å². The lowest BCUT2D eigenvalue weighted by molar-refractivity contribution is -0.130. The van der Waals surface area contributed by atoms with Crippen LogP contribution in [0, 0.1) is 0 Å². The molecule has 1 amide bonds. The van der Waals surface area contributed by atoms with Gasteiger partial charge in [-0.3, -0.25) is 4.79 Å². The van der Waals surface area contributed by atoms with E-state index in [0.717, 1.165) is 32.4 Å². The molecule has 0 aliphatic carbocycles. The standard InChI is InChI=1S/C19H21N5O2S3/c25-17(12-29-19-20-21-22-24(19)11-13-3-1-8-26-13)23-7-5-15-14(6-10-28-15)18(23)16-4-2-9-27-16/h2,4,6,9-10,13,18H,1,3,5,7-8,11-12H2. The van der Waals surface area contributed by atoms with Crippen molar-refractivity contribution in [3.05, 3.63) is 44.3 Å². The Morgan fingerprint density at radius 2 is 2.28 bits per heavy atom. The average molecular weight is 448 g/mol. The molecule has 2 aliphatic heterocycles. The van der Waals surface area contributed by atoms with Crippen LogP contribution in [0.25, 0.3) is 0 Å². The quantitative estimate of drug-likeness (QED) is 0.540. The van der Waals surface area contributed by atoms with Crippen molar-refractivity contribution in [2.45, 2.75) is 43.1 Å². The van der Waals surface area contributed by atoms with E-state index in [1.165, 1.54) is 27.1 Å². The molecule has 2 atom stereocenters. The van der Waals surface area contributed by atoms with Crippen molar-refractivity contribution in [1.82, 2.24) is 25.1 Å². The molecule has 0 saturated carbocycles. The molecule has 0 aromatic carbocycles. The molecule has 3 aromatic heterocycles. The molecular formula is C19H21N5O2S3. The highest BCUT2D eigenvalue weighted by molar-refractivity contribution is 7.99. The Kier molecular flexibility index (Phi) is 5.67. The van der Waals surface area contributed by atoms with E-state index in [4.69, 9.17) is 4.74 Å². The fourth-order valence-corrected chi connectivity index (χ4v) is 6.47. The smallest absolute Gasteiger partial charge is 0.233 e. The lowest BCUT2D eigenvalue weighted by Crippen LogP contribution is -2.40. The van der Waals surface area contributed by atoms with Gasteiger partial charge in [0.2, 0.25) is 11.1 Å². The van der Waals surface area contributed by atoms with Gasteiger partial charge in [-0.1, -0.05) is 17.8 Å². The summed E-state index contributed by atoms with van der Waals surface area (Å²) in [5, 5.41) is 16.9. The number of carbonyl (C=O) groups is 1. The molecule has 0 radical (unpaired) electrons. The summed E-state index contributed by atoms with van der Waals surface area (Å²) in [4.78, 5) is 17.8. The van der Waals surface area contributed by atoms with Gasteiger partial charge in [-0.2, -0.15) is 0 Å². The summed E-state index contributed by atoms with van der Waals surface area (Å²) in [6.07, 6.45) is 3.19. The first-order valence-corrected chi connectivity index (χ1v) is 12.4. The molecule has 1 fully saturated rings. The number of amides is 1. The van der Waals surface area contributed by atoms with Crippen LogP contribution in [0.5, 0.6) is 0 Å². The fourth-order valence-electron chi connectivity index (χ4n) is 3.94. The zero-order valence-electron chi connectivity index (χ0n) is 15.8. The normalized spacial score (nSPS) is 21.4. The summed E-state index contributed by atoms with van der Waals surface area (Å²) in [5.74, 6) is 0.449. The van der Waals surface area contributed by atoms with Crippen LogP contribution in [0.4, 0.5) is 0 Å². The molecule has 152 valence electrons. The van der Waals surface area contributed by atoms with Crippen LogP contribution in [0.1, 0.15) is 34.2 Å². The number of tetrazole rings is 1. The fraction of sp³-hybridized carbons (Fsp3) is 0.474. The van der Waals surface area contributed by atoms with Gasteiger partial charge in [0, 0.05) is 22.9 Å². The largest absolute Gasteiger partial charge is 0.376 e. The molecule has 0 bridgehead atoms. The van der Waals surface area contributed by atoms with E-state index in [2.05, 4.69) is 44.5 Å². The predicted octanol–water partition coefficient (Wildman–Crippen LogP) is 3.24. The Hall–Kier alpha value is -1.75. The monoisotopic (exact) mass is 447 g/mol. The second kappa shape index (κ2) is 8.55. The number of ether oxygens (including phenoxy) is 1. The van der Waals surface area contributed by atoms with Gasteiger partial charge >= 0.3 is 0 Å². The predicted molar refractivity (Wildman–Crippen MR) is 113 cm³/mol. The molecule has 2 unspecified atom stereocenters. The van der Waals surface area contributed by atoms with Gasteiger partial charge in [0.1, 0.15) is 0 Å². The summed E-state index contributed by atoms with van der Waals surface area (Å²) in [6, 6.07) is 6.36. The van der Waals surface area contributed by atoms with Gasteiger partial charge in [-0.25, -0.2) is 4.68 Å². The van der Waals surface area contributed by atoms with Gasteiger partial charge in [-0.15, -0.1) is 27.8 Å². The Balaban J connectivity index is 1.29. The number of hydrogen-bond acceptors (Lipinski definition) is 8. The van der Waals surface area contributed by atoms with E-state index >= 15 is 0 Å². The number of aromatic nitrogens is 4. The van der Waals surface area contributed by atoms with E-state index in [0.29, 0.717) is 17.5 Å². The zero-order valence-corrected chi connectivity index (χ0v) is 18.2. The summed E-state index contributed by atoms with van der Waals surface area (Å²) >= 11 is 4.90. The van der Waals surface area contributed by atoms with Crippen molar-refractivity contribution in [2.24, 2.45) is 0 Å². The first kappa shape index (κ1) is 19.2. The molecule has 0 spiro atoms. The van der Waals surface area contributed by atoms with Gasteiger partial charge in [0.25, 0.3) is 0 Å². The molecule has 10 heteroatoms. The topological polar surface area (TPSA) is 73.1 Å². The van der Waals surface area contributed by atoms with Crippen LogP contribution in [0.2, 0.25) is 0 Å². The van der Waals surface area contributed by atoms with E-state index in [1.54, 1.807) is 27.4 Å². The third kappa shape index (κ3) is 3.98. The van der Waals surface area contributed by atoms with E-state index in [-0.39, 0.29) is 18.1 Å².